The molecule has 3 nitrogen and oxygen atoms in total. The molecule has 1 aliphatic heterocycles. The molecule has 0 aromatic heterocycles. The first-order chi connectivity index (χ1) is 10.7. The lowest BCUT2D eigenvalue weighted by molar-refractivity contribution is -0.138. The smallest absolute Gasteiger partial charge is 0.225 e. The number of rotatable bonds is 3. The summed E-state index contributed by atoms with van der Waals surface area (Å²) >= 11 is 0. The van der Waals surface area contributed by atoms with Gasteiger partial charge in [-0.3, -0.25) is 9.69 Å². The fourth-order valence-corrected chi connectivity index (χ4v) is 3.76. The summed E-state index contributed by atoms with van der Waals surface area (Å²) < 4.78 is 0. The van der Waals surface area contributed by atoms with Gasteiger partial charge in [-0.25, -0.2) is 0 Å². The van der Waals surface area contributed by atoms with Crippen molar-refractivity contribution in [3.8, 4) is 0 Å². The van der Waals surface area contributed by atoms with E-state index in [-0.39, 0.29) is 0 Å². The molecule has 2 aliphatic rings. The molecular weight excluding hydrogens is 272 g/mol. The van der Waals surface area contributed by atoms with E-state index in [2.05, 4.69) is 41.0 Å². The first-order valence-electron chi connectivity index (χ1n) is 8.79. The van der Waals surface area contributed by atoms with Gasteiger partial charge in [-0.15, -0.1) is 0 Å². The molecule has 1 aliphatic carbocycles. The van der Waals surface area contributed by atoms with Crippen LogP contribution in [0.1, 0.15) is 43.2 Å². The summed E-state index contributed by atoms with van der Waals surface area (Å²) in [6.07, 6.45) is 6.02. The first kappa shape index (κ1) is 15.5. The molecular formula is C19H28N2O. The van der Waals surface area contributed by atoms with Crippen LogP contribution in [-0.4, -0.2) is 41.9 Å². The molecule has 1 saturated heterocycles. The van der Waals surface area contributed by atoms with Crippen LogP contribution in [0.2, 0.25) is 0 Å². The Morgan fingerprint density at radius 3 is 2.41 bits per heavy atom. The normalized spacial score (nSPS) is 21.0. The summed E-state index contributed by atoms with van der Waals surface area (Å²) in [5.74, 6) is 0.743. The standard InChI is InChI=1S/C19H28N2O/c1-16-7-5-6-10-18(16)15-20-11-13-21(14-12-20)19(22)17-8-3-2-4-9-17/h5-7,10,17H,2-4,8-9,11-15H2,1H3. The van der Waals surface area contributed by atoms with Gasteiger partial charge < -0.3 is 4.90 Å². The van der Waals surface area contributed by atoms with E-state index in [4.69, 9.17) is 0 Å². The third-order valence-corrected chi connectivity index (χ3v) is 5.29. The van der Waals surface area contributed by atoms with Gasteiger partial charge in [0.15, 0.2) is 0 Å². The molecule has 120 valence electrons. The molecule has 3 rings (SSSR count). The van der Waals surface area contributed by atoms with Gasteiger partial charge in [-0.2, -0.15) is 0 Å². The first-order valence-corrected chi connectivity index (χ1v) is 8.79. The summed E-state index contributed by atoms with van der Waals surface area (Å²) in [4.78, 5) is 17.2. The molecule has 2 fully saturated rings. The van der Waals surface area contributed by atoms with Crippen LogP contribution in [-0.2, 0) is 11.3 Å². The van der Waals surface area contributed by atoms with Crippen LogP contribution in [0.3, 0.4) is 0 Å². The lowest BCUT2D eigenvalue weighted by Gasteiger charge is -2.37. The number of carbonyl (C=O) groups excluding carboxylic acids is 1. The van der Waals surface area contributed by atoms with Gasteiger partial charge >= 0.3 is 0 Å². The largest absolute Gasteiger partial charge is 0.340 e. The van der Waals surface area contributed by atoms with E-state index >= 15 is 0 Å². The molecule has 0 spiro atoms. The third kappa shape index (κ3) is 3.70. The molecule has 0 radical (unpaired) electrons. The highest BCUT2D eigenvalue weighted by molar-refractivity contribution is 5.79. The van der Waals surface area contributed by atoms with E-state index < -0.39 is 0 Å². The van der Waals surface area contributed by atoms with Gasteiger partial charge in [0.05, 0.1) is 0 Å². The highest BCUT2D eigenvalue weighted by Crippen LogP contribution is 2.26. The number of amides is 1. The average Bonchev–Trinajstić information content (AvgIpc) is 2.58. The van der Waals surface area contributed by atoms with E-state index in [0.29, 0.717) is 11.8 Å². The minimum atomic E-state index is 0.316. The predicted molar refractivity (Wildman–Crippen MR) is 89.6 cm³/mol. The van der Waals surface area contributed by atoms with Crippen molar-refractivity contribution in [2.24, 2.45) is 5.92 Å². The number of hydrogen-bond acceptors (Lipinski definition) is 2. The summed E-state index contributed by atoms with van der Waals surface area (Å²) in [5, 5.41) is 0. The predicted octanol–water partition coefficient (Wildman–Crippen LogP) is 3.22. The second-order valence-corrected chi connectivity index (χ2v) is 6.86. The van der Waals surface area contributed by atoms with Crippen LogP contribution in [0, 0.1) is 12.8 Å². The minimum absolute atomic E-state index is 0.316. The van der Waals surface area contributed by atoms with Crippen LogP contribution in [0.25, 0.3) is 0 Å². The van der Waals surface area contributed by atoms with Gasteiger partial charge in [0.1, 0.15) is 0 Å². The minimum Gasteiger partial charge on any atom is -0.340 e. The molecule has 1 saturated carbocycles. The lowest BCUT2D eigenvalue weighted by atomic mass is 9.88. The van der Waals surface area contributed by atoms with E-state index in [1.165, 1.54) is 30.4 Å². The van der Waals surface area contributed by atoms with Gasteiger partial charge in [0.25, 0.3) is 0 Å². The number of carbonyl (C=O) groups is 1. The summed E-state index contributed by atoms with van der Waals surface area (Å²) in [6, 6.07) is 8.61. The topological polar surface area (TPSA) is 23.6 Å². The van der Waals surface area contributed by atoms with Crippen molar-refractivity contribution in [2.45, 2.75) is 45.6 Å². The van der Waals surface area contributed by atoms with Crippen molar-refractivity contribution in [2.75, 3.05) is 26.2 Å². The van der Waals surface area contributed by atoms with Crippen molar-refractivity contribution >= 4 is 5.91 Å². The number of hydrogen-bond donors (Lipinski definition) is 0. The second-order valence-electron chi connectivity index (χ2n) is 6.86. The maximum atomic E-state index is 12.6. The molecule has 22 heavy (non-hydrogen) atoms. The number of aryl methyl sites for hydroxylation is 1. The maximum absolute atomic E-state index is 12.6. The van der Waals surface area contributed by atoms with Gasteiger partial charge in [-0.05, 0) is 30.9 Å². The van der Waals surface area contributed by atoms with Crippen molar-refractivity contribution in [3.05, 3.63) is 35.4 Å². The van der Waals surface area contributed by atoms with E-state index in [1.807, 2.05) is 0 Å². The molecule has 0 unspecified atom stereocenters. The van der Waals surface area contributed by atoms with Crippen molar-refractivity contribution in [1.82, 2.24) is 9.80 Å². The Kier molecular flexibility index (Phi) is 5.14. The lowest BCUT2D eigenvalue weighted by Crippen LogP contribution is -2.50. The second kappa shape index (κ2) is 7.28. The quantitative estimate of drug-likeness (QED) is 0.856. The fourth-order valence-electron chi connectivity index (χ4n) is 3.76. The van der Waals surface area contributed by atoms with Crippen molar-refractivity contribution in [1.29, 1.82) is 0 Å². The van der Waals surface area contributed by atoms with E-state index in [1.54, 1.807) is 0 Å². The van der Waals surface area contributed by atoms with E-state index in [9.17, 15) is 4.79 Å². The molecule has 0 atom stereocenters. The monoisotopic (exact) mass is 300 g/mol. The zero-order chi connectivity index (χ0) is 15.4. The molecule has 3 heteroatoms. The summed E-state index contributed by atoms with van der Waals surface area (Å²) in [7, 11) is 0. The zero-order valence-electron chi connectivity index (χ0n) is 13.8. The van der Waals surface area contributed by atoms with Crippen molar-refractivity contribution < 1.29 is 4.79 Å². The van der Waals surface area contributed by atoms with Gasteiger partial charge in [-0.1, -0.05) is 43.5 Å². The Balaban J connectivity index is 1.50. The summed E-state index contributed by atoms with van der Waals surface area (Å²) in [6.45, 7) is 7.01. The van der Waals surface area contributed by atoms with Crippen LogP contribution in [0.5, 0.6) is 0 Å². The Labute approximate surface area is 134 Å². The van der Waals surface area contributed by atoms with Crippen LogP contribution < -0.4 is 0 Å². The Hall–Kier alpha value is -1.35. The Morgan fingerprint density at radius 1 is 1.05 bits per heavy atom. The molecule has 1 aromatic rings. The molecule has 1 aromatic carbocycles. The van der Waals surface area contributed by atoms with Crippen LogP contribution >= 0.6 is 0 Å². The number of nitrogens with zero attached hydrogens (tertiary/aromatic N) is 2. The van der Waals surface area contributed by atoms with E-state index in [0.717, 1.165) is 45.6 Å². The fraction of sp³-hybridized carbons (Fsp3) is 0.632. The van der Waals surface area contributed by atoms with Crippen LogP contribution in [0.15, 0.2) is 24.3 Å². The highest BCUT2D eigenvalue weighted by Gasteiger charge is 2.28. The zero-order valence-corrected chi connectivity index (χ0v) is 13.8. The SMILES string of the molecule is Cc1ccccc1CN1CCN(C(=O)C2CCCCC2)CC1. The average molecular weight is 300 g/mol. The van der Waals surface area contributed by atoms with Gasteiger partial charge in [0.2, 0.25) is 5.91 Å². The molecule has 1 amide bonds. The number of benzene rings is 1. The summed E-state index contributed by atoms with van der Waals surface area (Å²) in [5.41, 5.74) is 2.78. The van der Waals surface area contributed by atoms with Gasteiger partial charge in [0, 0.05) is 38.6 Å². The molecule has 1 heterocycles. The highest BCUT2D eigenvalue weighted by atomic mass is 16.2. The molecule has 0 bridgehead atoms. The Morgan fingerprint density at radius 2 is 1.73 bits per heavy atom. The maximum Gasteiger partial charge on any atom is 0.225 e. The van der Waals surface area contributed by atoms with Crippen molar-refractivity contribution in [3.63, 3.8) is 0 Å². The Bertz CT molecular complexity index is 500. The molecule has 0 N–H and O–H groups in total. The number of piperazine rings is 1. The van der Waals surface area contributed by atoms with Crippen LogP contribution in [0.4, 0.5) is 0 Å². The third-order valence-electron chi connectivity index (χ3n) is 5.29.